The zero-order valence-corrected chi connectivity index (χ0v) is 35.6. The maximum atomic E-state index is 8.22. The van der Waals surface area contributed by atoms with Crippen LogP contribution in [0.25, 0.3) is 11.1 Å². The van der Waals surface area contributed by atoms with Crippen molar-refractivity contribution in [2.24, 2.45) is 0 Å². The number of ether oxygens (including phenoxy) is 1. The molecule has 1 heterocycles. The normalized spacial score (nSPS) is 14.8. The van der Waals surface area contributed by atoms with Gasteiger partial charge in [0.05, 0.1) is 11.2 Å². The van der Waals surface area contributed by atoms with E-state index in [2.05, 4.69) is 96.0 Å². The highest BCUT2D eigenvalue weighted by molar-refractivity contribution is 9.10. The van der Waals surface area contributed by atoms with Gasteiger partial charge < -0.3 is 4.74 Å². The Labute approximate surface area is 321 Å². The second-order valence-corrected chi connectivity index (χ2v) is 17.4. The first-order valence-electron chi connectivity index (χ1n) is 21.3. The smallest absolute Gasteiger partial charge is 0.0949 e. The van der Waals surface area contributed by atoms with Crippen molar-refractivity contribution in [3.05, 3.63) is 56.5 Å². The minimum absolute atomic E-state index is 0.273. The van der Waals surface area contributed by atoms with Crippen LogP contribution in [-0.4, -0.2) is 0 Å². The third-order valence-electron chi connectivity index (χ3n) is 11.4. The first-order chi connectivity index (χ1) is 23.9. The highest BCUT2D eigenvalue weighted by Gasteiger charge is 2.48. The Hall–Kier alpha value is -0.640. The Balaban J connectivity index is 2.10. The zero-order chi connectivity index (χ0) is 35.2. The summed E-state index contributed by atoms with van der Waals surface area (Å²) in [7, 11) is 0. The van der Waals surface area contributed by atoms with Gasteiger partial charge in [-0.25, -0.2) is 0 Å². The zero-order valence-electron chi connectivity index (χ0n) is 32.4. The molecule has 0 aliphatic carbocycles. The molecule has 278 valence electrons. The summed E-state index contributed by atoms with van der Waals surface area (Å²) < 4.78 is 10.6. The molecule has 2 aromatic carbocycles. The maximum Gasteiger partial charge on any atom is 0.0949 e. The van der Waals surface area contributed by atoms with Gasteiger partial charge in [0.2, 0.25) is 0 Å². The van der Waals surface area contributed by atoms with Crippen molar-refractivity contribution in [1.29, 1.82) is 0 Å². The molecule has 1 aliphatic heterocycles. The Morgan fingerprint density at radius 1 is 0.388 bits per heavy atom. The number of rotatable bonds is 28. The van der Waals surface area contributed by atoms with Gasteiger partial charge in [0.15, 0.2) is 0 Å². The van der Waals surface area contributed by atoms with Gasteiger partial charge in [0, 0.05) is 8.95 Å². The minimum atomic E-state index is -0.273. The second-order valence-electron chi connectivity index (χ2n) is 15.5. The van der Waals surface area contributed by atoms with Crippen molar-refractivity contribution in [3.8, 4) is 11.1 Å². The van der Waals surface area contributed by atoms with Crippen LogP contribution >= 0.6 is 31.9 Å². The summed E-state index contributed by atoms with van der Waals surface area (Å²) in [6.45, 7) is 9.31. The first kappa shape index (κ1) is 42.8. The van der Waals surface area contributed by atoms with Crippen molar-refractivity contribution in [2.75, 3.05) is 0 Å². The van der Waals surface area contributed by atoms with E-state index < -0.39 is 0 Å². The van der Waals surface area contributed by atoms with E-state index in [1.807, 2.05) is 0 Å². The van der Waals surface area contributed by atoms with Crippen molar-refractivity contribution in [1.82, 2.24) is 0 Å². The Morgan fingerprint density at radius 3 is 0.939 bits per heavy atom. The largest absolute Gasteiger partial charge is 0.359 e. The van der Waals surface area contributed by atoms with E-state index in [9.17, 15) is 0 Å². The molecule has 0 radical (unpaired) electrons. The van der Waals surface area contributed by atoms with Crippen molar-refractivity contribution < 1.29 is 4.74 Å². The van der Waals surface area contributed by atoms with Gasteiger partial charge in [-0.05, 0) is 72.2 Å². The van der Waals surface area contributed by atoms with Gasteiger partial charge in [-0.1, -0.05) is 226 Å². The molecule has 49 heavy (non-hydrogen) atoms. The molecule has 0 fully saturated rings. The van der Waals surface area contributed by atoms with E-state index >= 15 is 0 Å². The van der Waals surface area contributed by atoms with Crippen LogP contribution in [0.4, 0.5) is 0 Å². The van der Waals surface area contributed by atoms with Crippen LogP contribution < -0.4 is 0 Å². The van der Waals surface area contributed by atoms with Gasteiger partial charge in [0.25, 0.3) is 0 Å². The van der Waals surface area contributed by atoms with Crippen LogP contribution in [0.2, 0.25) is 0 Å². The fourth-order valence-electron chi connectivity index (χ4n) is 8.50. The fraction of sp³-hybridized carbons (Fsp3) is 0.739. The predicted molar refractivity (Wildman–Crippen MR) is 224 cm³/mol. The number of hydrogen-bond acceptors (Lipinski definition) is 1. The third-order valence-corrected chi connectivity index (χ3v) is 12.3. The standard InChI is InChI=1S/C46H74Br2O/c1-5-9-13-17-21-25-33-45(34-26-22-18-14-10-6-2)43-37-39(47)29-31-41(43)42-32-30-40(48)38-44(42)46(49-45,35-27-23-19-15-11-7-3)36-28-24-20-16-12-8-4/h29-32,37-38H,5-28,33-36H2,1-4H3. The van der Waals surface area contributed by atoms with Gasteiger partial charge in [-0.2, -0.15) is 0 Å². The summed E-state index contributed by atoms with van der Waals surface area (Å²) >= 11 is 7.90. The quantitative estimate of drug-likeness (QED) is 0.0779. The number of halogens is 2. The minimum Gasteiger partial charge on any atom is -0.359 e. The summed E-state index contributed by atoms with van der Waals surface area (Å²) in [4.78, 5) is 0. The molecular weight excluding hydrogens is 728 g/mol. The predicted octanol–water partition coefficient (Wildman–Crippen LogP) is 17.3. The van der Waals surface area contributed by atoms with Crippen LogP contribution in [-0.2, 0) is 15.9 Å². The summed E-state index contributed by atoms with van der Waals surface area (Å²) in [5.74, 6) is 0. The highest BCUT2D eigenvalue weighted by Crippen LogP contribution is 2.55. The molecule has 0 aromatic heterocycles. The van der Waals surface area contributed by atoms with Crippen LogP contribution in [0.1, 0.15) is 219 Å². The Kier molecular flexibility index (Phi) is 21.4. The van der Waals surface area contributed by atoms with Gasteiger partial charge in [-0.3, -0.25) is 0 Å². The molecule has 0 atom stereocenters. The second kappa shape index (κ2) is 24.6. The van der Waals surface area contributed by atoms with Crippen LogP contribution in [0.15, 0.2) is 45.3 Å². The van der Waals surface area contributed by atoms with Crippen LogP contribution in [0, 0.1) is 0 Å². The molecular formula is C46H74Br2O. The molecule has 1 nitrogen and oxygen atoms in total. The van der Waals surface area contributed by atoms with E-state index in [1.54, 1.807) is 0 Å². The van der Waals surface area contributed by atoms with Crippen LogP contribution in [0.3, 0.4) is 0 Å². The monoisotopic (exact) mass is 800 g/mol. The van der Waals surface area contributed by atoms with Crippen molar-refractivity contribution in [3.63, 3.8) is 0 Å². The Morgan fingerprint density at radius 2 is 0.653 bits per heavy atom. The topological polar surface area (TPSA) is 9.23 Å². The molecule has 0 spiro atoms. The molecule has 0 amide bonds. The molecule has 0 unspecified atom stereocenters. The molecule has 0 saturated carbocycles. The SMILES string of the molecule is CCCCCCCCC1(CCCCCCCC)OC(CCCCCCCC)(CCCCCCCC)c2cc(Br)ccc2-c2ccc(Br)cc21. The molecule has 3 rings (SSSR count). The van der Waals surface area contributed by atoms with Gasteiger partial charge in [0.1, 0.15) is 0 Å². The van der Waals surface area contributed by atoms with E-state index in [0.717, 1.165) is 25.7 Å². The van der Waals surface area contributed by atoms with E-state index in [-0.39, 0.29) is 11.2 Å². The third kappa shape index (κ3) is 14.0. The Bertz CT molecular complexity index is 1030. The number of unbranched alkanes of at least 4 members (excludes halogenated alkanes) is 20. The summed E-state index contributed by atoms with van der Waals surface area (Å²) in [5.41, 5.74) is 5.17. The summed E-state index contributed by atoms with van der Waals surface area (Å²) in [6.07, 6.45) is 36.2. The highest BCUT2D eigenvalue weighted by atomic mass is 79.9. The number of hydrogen-bond donors (Lipinski definition) is 0. The molecule has 2 aromatic rings. The van der Waals surface area contributed by atoms with Gasteiger partial charge >= 0.3 is 0 Å². The lowest BCUT2D eigenvalue weighted by atomic mass is 9.79. The molecule has 0 saturated heterocycles. The average Bonchev–Trinajstić information content (AvgIpc) is 3.19. The van der Waals surface area contributed by atoms with Crippen LogP contribution in [0.5, 0.6) is 0 Å². The van der Waals surface area contributed by atoms with E-state index in [1.165, 1.54) is 185 Å². The summed E-state index contributed by atoms with van der Waals surface area (Å²) in [6, 6.07) is 14.3. The van der Waals surface area contributed by atoms with Gasteiger partial charge in [-0.15, -0.1) is 0 Å². The molecule has 3 heteroatoms. The van der Waals surface area contributed by atoms with Crippen molar-refractivity contribution >= 4 is 31.9 Å². The first-order valence-corrected chi connectivity index (χ1v) is 22.8. The molecule has 0 bridgehead atoms. The number of benzene rings is 2. The lowest BCUT2D eigenvalue weighted by Crippen LogP contribution is -2.41. The van der Waals surface area contributed by atoms with E-state index in [0.29, 0.717) is 0 Å². The fourth-order valence-corrected chi connectivity index (χ4v) is 9.22. The lowest BCUT2D eigenvalue weighted by molar-refractivity contribution is -0.185. The lowest BCUT2D eigenvalue weighted by Gasteiger charge is -2.45. The maximum absolute atomic E-state index is 8.22. The molecule has 0 N–H and O–H groups in total. The average molecular weight is 803 g/mol. The summed E-state index contributed by atoms with van der Waals surface area (Å²) in [5, 5.41) is 0. The van der Waals surface area contributed by atoms with E-state index in [4.69, 9.17) is 4.74 Å². The molecule has 1 aliphatic rings. The number of fused-ring (bicyclic) bond motifs is 3. The van der Waals surface area contributed by atoms with Crippen molar-refractivity contribution in [2.45, 2.75) is 219 Å².